The summed E-state index contributed by atoms with van der Waals surface area (Å²) < 4.78 is 12.9. The van der Waals surface area contributed by atoms with Gasteiger partial charge in [0.15, 0.2) is 0 Å². The predicted octanol–water partition coefficient (Wildman–Crippen LogP) is 1.69. The van der Waals surface area contributed by atoms with Crippen LogP contribution in [0.15, 0.2) is 0 Å². The van der Waals surface area contributed by atoms with Crippen molar-refractivity contribution in [1.82, 2.24) is 20.0 Å². The van der Waals surface area contributed by atoms with E-state index in [2.05, 4.69) is 24.3 Å². The molecule has 2 rings (SSSR count). The van der Waals surface area contributed by atoms with E-state index >= 15 is 0 Å². The van der Waals surface area contributed by atoms with E-state index in [1.165, 1.54) is 0 Å². The van der Waals surface area contributed by atoms with Gasteiger partial charge in [0.25, 0.3) is 0 Å². The molecule has 0 aliphatic carbocycles. The van der Waals surface area contributed by atoms with Gasteiger partial charge in [0, 0.05) is 26.7 Å². The van der Waals surface area contributed by atoms with Crippen molar-refractivity contribution in [3.05, 3.63) is 11.3 Å². The quantitative estimate of drug-likeness (QED) is 0.915. The van der Waals surface area contributed by atoms with Crippen molar-refractivity contribution in [2.45, 2.75) is 39.8 Å². The molecule has 2 amide bonds. The van der Waals surface area contributed by atoms with Crippen LogP contribution in [0.4, 0.5) is 4.79 Å². The Hall–Kier alpha value is -1.76. The third kappa shape index (κ3) is 4.16. The largest absolute Gasteiger partial charge is 0.481 e. The van der Waals surface area contributed by atoms with Crippen LogP contribution < -0.4 is 10.1 Å². The number of hydrogen-bond donors (Lipinski definition) is 1. The number of amides is 2. The number of carbonyl (C=O) groups is 1. The second-order valence-electron chi connectivity index (χ2n) is 6.31. The maximum atomic E-state index is 12.5. The number of methoxy groups -OCH3 is 1. The SMILES string of the molecule is COc1c(CNC(=O)N2CCCO[C@@H](C(C)C)C2)c(C)nn1C. The number of aromatic nitrogens is 2. The predicted molar refractivity (Wildman–Crippen MR) is 87.5 cm³/mol. The third-order valence-corrected chi connectivity index (χ3v) is 4.23. The van der Waals surface area contributed by atoms with Gasteiger partial charge in [-0.05, 0) is 19.3 Å². The first-order valence-electron chi connectivity index (χ1n) is 8.14. The Morgan fingerprint density at radius 1 is 1.52 bits per heavy atom. The van der Waals surface area contributed by atoms with Gasteiger partial charge in [-0.3, -0.25) is 0 Å². The lowest BCUT2D eigenvalue weighted by Crippen LogP contribution is -2.44. The molecule has 1 fully saturated rings. The van der Waals surface area contributed by atoms with E-state index < -0.39 is 0 Å². The van der Waals surface area contributed by atoms with Gasteiger partial charge in [0.1, 0.15) is 0 Å². The van der Waals surface area contributed by atoms with Crippen LogP contribution in [0.5, 0.6) is 5.88 Å². The maximum Gasteiger partial charge on any atom is 0.317 e. The molecule has 1 saturated heterocycles. The number of urea groups is 1. The van der Waals surface area contributed by atoms with E-state index in [0.717, 1.165) is 24.2 Å². The Bertz CT molecular complexity index is 542. The van der Waals surface area contributed by atoms with E-state index in [0.29, 0.717) is 31.5 Å². The number of hydrogen-bond acceptors (Lipinski definition) is 4. The first kappa shape index (κ1) is 17.6. The van der Waals surface area contributed by atoms with Gasteiger partial charge >= 0.3 is 6.03 Å². The molecular weight excluding hydrogens is 296 g/mol. The Labute approximate surface area is 137 Å². The number of nitrogens with zero attached hydrogens (tertiary/aromatic N) is 3. The van der Waals surface area contributed by atoms with Crippen LogP contribution in [0.3, 0.4) is 0 Å². The maximum absolute atomic E-state index is 12.5. The minimum absolute atomic E-state index is 0.0635. The Morgan fingerprint density at radius 2 is 2.26 bits per heavy atom. The number of nitrogens with one attached hydrogen (secondary N) is 1. The zero-order chi connectivity index (χ0) is 17.0. The van der Waals surface area contributed by atoms with Gasteiger partial charge in [-0.2, -0.15) is 5.10 Å². The van der Waals surface area contributed by atoms with Crippen molar-refractivity contribution in [2.75, 3.05) is 26.8 Å². The molecule has 1 N–H and O–H groups in total. The standard InChI is InChI=1S/C16H28N4O3/c1-11(2)14-10-20(7-6-8-23-14)16(21)17-9-13-12(3)18-19(4)15(13)22-5/h11,14H,6-10H2,1-5H3,(H,17,21)/t14-/m1/s1. The summed E-state index contributed by atoms with van der Waals surface area (Å²) in [7, 11) is 3.44. The second kappa shape index (κ2) is 7.68. The van der Waals surface area contributed by atoms with Crippen LogP contribution in [-0.4, -0.2) is 53.6 Å². The Morgan fingerprint density at radius 3 is 2.91 bits per heavy atom. The van der Waals surface area contributed by atoms with Crippen molar-refractivity contribution in [1.29, 1.82) is 0 Å². The molecule has 0 spiro atoms. The fraction of sp³-hybridized carbons (Fsp3) is 0.750. The van der Waals surface area contributed by atoms with E-state index in [4.69, 9.17) is 9.47 Å². The average Bonchev–Trinajstić information content (AvgIpc) is 2.70. The van der Waals surface area contributed by atoms with Crippen molar-refractivity contribution in [3.8, 4) is 5.88 Å². The van der Waals surface area contributed by atoms with E-state index in [1.54, 1.807) is 11.8 Å². The van der Waals surface area contributed by atoms with Crippen molar-refractivity contribution in [3.63, 3.8) is 0 Å². The summed E-state index contributed by atoms with van der Waals surface area (Å²) in [4.78, 5) is 14.3. The zero-order valence-corrected chi connectivity index (χ0v) is 14.8. The highest BCUT2D eigenvalue weighted by Crippen LogP contribution is 2.20. The molecule has 7 heteroatoms. The summed E-state index contributed by atoms with van der Waals surface area (Å²) in [5.74, 6) is 1.08. The first-order chi connectivity index (χ1) is 10.9. The minimum atomic E-state index is -0.0635. The fourth-order valence-electron chi connectivity index (χ4n) is 2.85. The molecule has 23 heavy (non-hydrogen) atoms. The van der Waals surface area contributed by atoms with Crippen LogP contribution in [-0.2, 0) is 18.3 Å². The number of aryl methyl sites for hydroxylation is 2. The number of rotatable bonds is 4. The number of ether oxygens (including phenoxy) is 2. The summed E-state index contributed by atoms with van der Waals surface area (Å²) in [6.45, 7) is 8.63. The topological polar surface area (TPSA) is 68.6 Å². The summed E-state index contributed by atoms with van der Waals surface area (Å²) in [5, 5.41) is 7.31. The lowest BCUT2D eigenvalue weighted by molar-refractivity contribution is 0.0267. The molecule has 1 aromatic heterocycles. The van der Waals surface area contributed by atoms with Gasteiger partial charge < -0.3 is 19.7 Å². The van der Waals surface area contributed by atoms with Crippen LogP contribution in [0.2, 0.25) is 0 Å². The highest BCUT2D eigenvalue weighted by atomic mass is 16.5. The average molecular weight is 324 g/mol. The molecule has 0 aromatic carbocycles. The Balaban J connectivity index is 1.99. The van der Waals surface area contributed by atoms with Crippen LogP contribution in [0, 0.1) is 12.8 Å². The molecule has 1 atom stereocenters. The second-order valence-corrected chi connectivity index (χ2v) is 6.31. The van der Waals surface area contributed by atoms with Gasteiger partial charge in [-0.1, -0.05) is 13.8 Å². The molecule has 1 aromatic rings. The molecular formula is C16H28N4O3. The van der Waals surface area contributed by atoms with Crippen LogP contribution in [0.25, 0.3) is 0 Å². The lowest BCUT2D eigenvalue weighted by atomic mass is 10.1. The van der Waals surface area contributed by atoms with E-state index in [-0.39, 0.29) is 12.1 Å². The molecule has 0 saturated carbocycles. The van der Waals surface area contributed by atoms with Crippen molar-refractivity contribution in [2.24, 2.45) is 13.0 Å². The molecule has 1 aliphatic rings. The highest BCUT2D eigenvalue weighted by molar-refractivity contribution is 5.74. The lowest BCUT2D eigenvalue weighted by Gasteiger charge is -2.26. The van der Waals surface area contributed by atoms with Gasteiger partial charge in [-0.15, -0.1) is 0 Å². The summed E-state index contributed by atoms with van der Waals surface area (Å²) in [6.07, 6.45) is 0.962. The molecule has 0 unspecified atom stereocenters. The van der Waals surface area contributed by atoms with E-state index in [1.807, 2.05) is 18.9 Å². The van der Waals surface area contributed by atoms with Crippen molar-refractivity contribution < 1.29 is 14.3 Å². The third-order valence-electron chi connectivity index (χ3n) is 4.23. The normalized spacial score (nSPS) is 18.9. The fourth-order valence-corrected chi connectivity index (χ4v) is 2.85. The highest BCUT2D eigenvalue weighted by Gasteiger charge is 2.25. The monoisotopic (exact) mass is 324 g/mol. The molecule has 0 bridgehead atoms. The van der Waals surface area contributed by atoms with Gasteiger partial charge in [0.05, 0.1) is 31.0 Å². The van der Waals surface area contributed by atoms with Gasteiger partial charge in [0.2, 0.25) is 5.88 Å². The smallest absolute Gasteiger partial charge is 0.317 e. The molecule has 1 aliphatic heterocycles. The summed E-state index contributed by atoms with van der Waals surface area (Å²) in [6, 6.07) is -0.0635. The minimum Gasteiger partial charge on any atom is -0.481 e. The Kier molecular flexibility index (Phi) is 5.87. The first-order valence-corrected chi connectivity index (χ1v) is 8.14. The van der Waals surface area contributed by atoms with Gasteiger partial charge in [-0.25, -0.2) is 9.48 Å². The molecule has 0 radical (unpaired) electrons. The number of carbonyl (C=O) groups excluding carboxylic acids is 1. The summed E-state index contributed by atoms with van der Waals surface area (Å²) >= 11 is 0. The van der Waals surface area contributed by atoms with E-state index in [9.17, 15) is 4.79 Å². The summed E-state index contributed by atoms with van der Waals surface area (Å²) in [5.41, 5.74) is 1.78. The van der Waals surface area contributed by atoms with Crippen LogP contribution >= 0.6 is 0 Å². The van der Waals surface area contributed by atoms with Crippen molar-refractivity contribution >= 4 is 6.03 Å². The molecule has 130 valence electrons. The molecule has 2 heterocycles. The van der Waals surface area contributed by atoms with Crippen LogP contribution in [0.1, 0.15) is 31.5 Å². The molecule has 7 nitrogen and oxygen atoms in total. The zero-order valence-electron chi connectivity index (χ0n) is 14.8.